The number of halogens is 1. The SMILES string of the molecule is Cn1ncc2c(-n3cc(Cl)c(N)n3)ncnc21. The van der Waals surface area contributed by atoms with Gasteiger partial charge in [-0.1, -0.05) is 11.6 Å². The zero-order valence-corrected chi connectivity index (χ0v) is 9.63. The second kappa shape index (κ2) is 3.42. The van der Waals surface area contributed by atoms with Crippen molar-refractivity contribution < 1.29 is 0 Å². The highest BCUT2D eigenvalue weighted by molar-refractivity contribution is 6.32. The van der Waals surface area contributed by atoms with Gasteiger partial charge in [0, 0.05) is 7.05 Å². The fourth-order valence-corrected chi connectivity index (χ4v) is 1.74. The minimum atomic E-state index is 0.266. The summed E-state index contributed by atoms with van der Waals surface area (Å²) in [5, 5.41) is 9.37. The van der Waals surface area contributed by atoms with Crippen LogP contribution in [0.25, 0.3) is 16.9 Å². The molecule has 0 aliphatic carbocycles. The number of aromatic nitrogens is 6. The van der Waals surface area contributed by atoms with Crippen LogP contribution in [0.2, 0.25) is 5.02 Å². The van der Waals surface area contributed by atoms with Crippen molar-refractivity contribution in [2.75, 3.05) is 5.73 Å². The molecule has 17 heavy (non-hydrogen) atoms. The van der Waals surface area contributed by atoms with E-state index in [2.05, 4.69) is 20.2 Å². The Kier molecular flexibility index (Phi) is 2.02. The van der Waals surface area contributed by atoms with E-state index in [-0.39, 0.29) is 5.82 Å². The number of nitrogens with two attached hydrogens (primary N) is 1. The molecule has 0 saturated carbocycles. The zero-order chi connectivity index (χ0) is 12.0. The molecule has 8 heteroatoms. The minimum absolute atomic E-state index is 0.266. The van der Waals surface area contributed by atoms with E-state index in [0.29, 0.717) is 10.8 Å². The van der Waals surface area contributed by atoms with Gasteiger partial charge in [-0.2, -0.15) is 5.10 Å². The lowest BCUT2D eigenvalue weighted by molar-refractivity contribution is 0.784. The van der Waals surface area contributed by atoms with Crippen molar-refractivity contribution in [1.82, 2.24) is 29.5 Å². The first kappa shape index (κ1) is 10.0. The standard InChI is InChI=1S/C9H8ClN7/c1-16-8-5(2-14-16)9(13-4-12-8)17-3-6(10)7(11)15-17/h2-4H,1H3,(H2,11,15). The quantitative estimate of drug-likeness (QED) is 0.689. The lowest BCUT2D eigenvalue weighted by Crippen LogP contribution is -2.01. The molecule has 0 aliphatic rings. The van der Waals surface area contributed by atoms with Crippen LogP contribution in [-0.4, -0.2) is 29.5 Å². The van der Waals surface area contributed by atoms with E-state index in [4.69, 9.17) is 17.3 Å². The van der Waals surface area contributed by atoms with Crippen molar-refractivity contribution in [3.63, 3.8) is 0 Å². The molecule has 3 heterocycles. The second-order valence-electron chi connectivity index (χ2n) is 3.51. The molecule has 0 spiro atoms. The van der Waals surface area contributed by atoms with Crippen molar-refractivity contribution >= 4 is 28.5 Å². The largest absolute Gasteiger partial charge is 0.381 e. The molecule has 0 atom stereocenters. The van der Waals surface area contributed by atoms with E-state index in [1.165, 1.54) is 11.0 Å². The summed E-state index contributed by atoms with van der Waals surface area (Å²) in [5.41, 5.74) is 6.32. The van der Waals surface area contributed by atoms with Gasteiger partial charge in [0.25, 0.3) is 0 Å². The maximum atomic E-state index is 5.86. The van der Waals surface area contributed by atoms with E-state index < -0.39 is 0 Å². The van der Waals surface area contributed by atoms with Crippen molar-refractivity contribution in [3.05, 3.63) is 23.7 Å². The van der Waals surface area contributed by atoms with E-state index in [1.807, 2.05) is 7.05 Å². The Hall–Kier alpha value is -2.15. The number of nitrogens with zero attached hydrogens (tertiary/aromatic N) is 6. The highest BCUT2D eigenvalue weighted by Crippen LogP contribution is 2.21. The van der Waals surface area contributed by atoms with E-state index in [9.17, 15) is 0 Å². The van der Waals surface area contributed by atoms with Gasteiger partial charge in [0.1, 0.15) is 11.3 Å². The molecule has 3 aromatic rings. The number of fused-ring (bicyclic) bond motifs is 1. The molecule has 2 N–H and O–H groups in total. The molecule has 3 rings (SSSR count). The van der Waals surface area contributed by atoms with Crippen LogP contribution in [0.1, 0.15) is 0 Å². The topological polar surface area (TPSA) is 87.4 Å². The Morgan fingerprint density at radius 2 is 2.18 bits per heavy atom. The van der Waals surface area contributed by atoms with Gasteiger partial charge in [-0.3, -0.25) is 4.68 Å². The molecule has 0 amide bonds. The van der Waals surface area contributed by atoms with Crippen molar-refractivity contribution in [3.8, 4) is 5.82 Å². The Balaban J connectivity index is 2.30. The van der Waals surface area contributed by atoms with Crippen LogP contribution >= 0.6 is 11.6 Å². The van der Waals surface area contributed by atoms with Gasteiger partial charge in [0.05, 0.1) is 17.8 Å². The number of hydrogen-bond donors (Lipinski definition) is 1. The van der Waals surface area contributed by atoms with Crippen LogP contribution in [-0.2, 0) is 7.05 Å². The summed E-state index contributed by atoms with van der Waals surface area (Å²) in [5.74, 6) is 0.865. The lowest BCUT2D eigenvalue weighted by Gasteiger charge is -2.00. The van der Waals surface area contributed by atoms with Gasteiger partial charge >= 0.3 is 0 Å². The monoisotopic (exact) mass is 249 g/mol. The molecule has 0 fully saturated rings. The third kappa shape index (κ3) is 1.43. The molecule has 0 aromatic carbocycles. The normalized spacial score (nSPS) is 11.2. The highest BCUT2D eigenvalue weighted by atomic mass is 35.5. The summed E-state index contributed by atoms with van der Waals surface area (Å²) in [4.78, 5) is 8.31. The molecule has 3 aromatic heterocycles. The Labute approximate surface area is 101 Å². The first-order valence-corrected chi connectivity index (χ1v) is 5.18. The Morgan fingerprint density at radius 1 is 1.35 bits per heavy atom. The predicted octanol–water partition coefficient (Wildman–Crippen LogP) is 0.785. The van der Waals surface area contributed by atoms with Crippen LogP contribution in [0.5, 0.6) is 0 Å². The molecule has 0 aliphatic heterocycles. The van der Waals surface area contributed by atoms with Crippen LogP contribution in [0.15, 0.2) is 18.7 Å². The van der Waals surface area contributed by atoms with Gasteiger partial charge in [0.15, 0.2) is 17.3 Å². The fraction of sp³-hybridized carbons (Fsp3) is 0.111. The maximum absolute atomic E-state index is 5.86. The average Bonchev–Trinajstić information content (AvgIpc) is 2.84. The summed E-state index contributed by atoms with van der Waals surface area (Å²) in [6, 6.07) is 0. The molecule has 7 nitrogen and oxygen atoms in total. The van der Waals surface area contributed by atoms with Gasteiger partial charge in [-0.25, -0.2) is 14.6 Å². The number of aryl methyl sites for hydroxylation is 1. The van der Waals surface area contributed by atoms with Crippen molar-refractivity contribution in [2.45, 2.75) is 0 Å². The Morgan fingerprint density at radius 3 is 2.88 bits per heavy atom. The average molecular weight is 250 g/mol. The predicted molar refractivity (Wildman–Crippen MR) is 62.8 cm³/mol. The lowest BCUT2D eigenvalue weighted by atomic mass is 10.4. The first-order valence-electron chi connectivity index (χ1n) is 4.80. The number of hydrogen-bond acceptors (Lipinski definition) is 5. The molecule has 0 unspecified atom stereocenters. The van der Waals surface area contributed by atoms with Gasteiger partial charge in [0.2, 0.25) is 0 Å². The molecule has 0 radical (unpaired) electrons. The molecule has 86 valence electrons. The molecular formula is C9H8ClN7. The fourth-order valence-electron chi connectivity index (χ4n) is 1.61. The van der Waals surface area contributed by atoms with E-state index in [0.717, 1.165) is 11.0 Å². The van der Waals surface area contributed by atoms with Crippen LogP contribution < -0.4 is 5.73 Å². The molecular weight excluding hydrogens is 242 g/mol. The maximum Gasteiger partial charge on any atom is 0.167 e. The van der Waals surface area contributed by atoms with E-state index >= 15 is 0 Å². The third-order valence-corrected chi connectivity index (χ3v) is 2.71. The zero-order valence-electron chi connectivity index (χ0n) is 8.87. The first-order chi connectivity index (χ1) is 8.16. The number of rotatable bonds is 1. The van der Waals surface area contributed by atoms with Crippen molar-refractivity contribution in [2.24, 2.45) is 7.05 Å². The van der Waals surface area contributed by atoms with Crippen LogP contribution in [0.4, 0.5) is 5.82 Å². The second-order valence-corrected chi connectivity index (χ2v) is 3.92. The van der Waals surface area contributed by atoms with Gasteiger partial charge in [-0.15, -0.1) is 5.10 Å². The van der Waals surface area contributed by atoms with Crippen LogP contribution in [0.3, 0.4) is 0 Å². The van der Waals surface area contributed by atoms with E-state index in [1.54, 1.807) is 17.1 Å². The molecule has 0 saturated heterocycles. The van der Waals surface area contributed by atoms with Gasteiger partial charge < -0.3 is 5.73 Å². The van der Waals surface area contributed by atoms with Gasteiger partial charge in [-0.05, 0) is 0 Å². The minimum Gasteiger partial charge on any atom is -0.381 e. The summed E-state index contributed by atoms with van der Waals surface area (Å²) in [6.07, 6.45) is 4.73. The number of anilines is 1. The summed E-state index contributed by atoms with van der Waals surface area (Å²) < 4.78 is 3.18. The highest BCUT2D eigenvalue weighted by Gasteiger charge is 2.12. The van der Waals surface area contributed by atoms with Crippen LogP contribution in [0, 0.1) is 0 Å². The third-order valence-electron chi connectivity index (χ3n) is 2.42. The number of nitrogen functional groups attached to an aromatic ring is 1. The molecule has 0 bridgehead atoms. The summed E-state index contributed by atoms with van der Waals surface area (Å²) in [7, 11) is 1.81. The Bertz CT molecular complexity index is 679. The summed E-state index contributed by atoms with van der Waals surface area (Å²) in [6.45, 7) is 0. The summed E-state index contributed by atoms with van der Waals surface area (Å²) >= 11 is 5.86. The smallest absolute Gasteiger partial charge is 0.167 e. The van der Waals surface area contributed by atoms with Crippen molar-refractivity contribution in [1.29, 1.82) is 0 Å².